The van der Waals surface area contributed by atoms with Crippen LogP contribution in [0.25, 0.3) is 0 Å². The molecule has 142 valence electrons. The van der Waals surface area contributed by atoms with Gasteiger partial charge in [-0.25, -0.2) is 13.1 Å². The molecule has 1 aromatic carbocycles. The molecule has 0 aliphatic rings. The van der Waals surface area contributed by atoms with E-state index in [0.717, 1.165) is 19.4 Å². The van der Waals surface area contributed by atoms with Gasteiger partial charge in [-0.2, -0.15) is 0 Å². The zero-order chi connectivity index (χ0) is 18.7. The maximum atomic E-state index is 11.3. The molecular formula is C18H32N4O2S. The Morgan fingerprint density at radius 1 is 1.08 bits per heavy atom. The van der Waals surface area contributed by atoms with Gasteiger partial charge in [0.25, 0.3) is 0 Å². The fourth-order valence-electron chi connectivity index (χ4n) is 2.28. The molecule has 0 fully saturated rings. The predicted octanol–water partition coefficient (Wildman–Crippen LogP) is 1.85. The van der Waals surface area contributed by atoms with E-state index in [1.54, 1.807) is 14.0 Å². The standard InChI is InChI=1S/C18H32N4O2S/c1-5-25(23,24)22-14-13-21-18(19-4)20-12-6-7-16-8-10-17(11-9-16)15(2)3/h8-11,15,22H,5-7,12-14H2,1-4H3,(H2,19,20,21). The number of sulfonamides is 1. The first-order chi connectivity index (χ1) is 11.9. The highest BCUT2D eigenvalue weighted by Gasteiger charge is 2.05. The molecule has 0 bridgehead atoms. The van der Waals surface area contributed by atoms with Gasteiger partial charge in [0.15, 0.2) is 5.96 Å². The second-order valence-corrected chi connectivity index (χ2v) is 8.32. The van der Waals surface area contributed by atoms with Crippen molar-refractivity contribution < 1.29 is 8.42 Å². The predicted molar refractivity (Wildman–Crippen MR) is 106 cm³/mol. The summed E-state index contributed by atoms with van der Waals surface area (Å²) in [6, 6.07) is 8.79. The average Bonchev–Trinajstić information content (AvgIpc) is 2.60. The lowest BCUT2D eigenvalue weighted by Gasteiger charge is -2.12. The minimum Gasteiger partial charge on any atom is -0.356 e. The Morgan fingerprint density at radius 3 is 2.28 bits per heavy atom. The Morgan fingerprint density at radius 2 is 1.72 bits per heavy atom. The van der Waals surface area contributed by atoms with E-state index in [9.17, 15) is 8.42 Å². The van der Waals surface area contributed by atoms with Gasteiger partial charge in [-0.3, -0.25) is 4.99 Å². The first-order valence-electron chi connectivity index (χ1n) is 8.88. The molecule has 3 N–H and O–H groups in total. The molecule has 1 aromatic rings. The van der Waals surface area contributed by atoms with Gasteiger partial charge < -0.3 is 10.6 Å². The van der Waals surface area contributed by atoms with Gasteiger partial charge >= 0.3 is 0 Å². The zero-order valence-corrected chi connectivity index (χ0v) is 16.6. The summed E-state index contributed by atoms with van der Waals surface area (Å²) in [5, 5.41) is 6.34. The molecule has 0 saturated heterocycles. The van der Waals surface area contributed by atoms with E-state index in [0.29, 0.717) is 25.0 Å². The van der Waals surface area contributed by atoms with Crippen molar-refractivity contribution in [2.75, 3.05) is 32.4 Å². The molecule has 0 spiro atoms. The molecule has 0 aliphatic carbocycles. The lowest BCUT2D eigenvalue weighted by atomic mass is 10.0. The molecule has 6 nitrogen and oxygen atoms in total. The molecule has 1 rings (SSSR count). The van der Waals surface area contributed by atoms with Crippen molar-refractivity contribution in [3.8, 4) is 0 Å². The Hall–Kier alpha value is -1.60. The highest BCUT2D eigenvalue weighted by atomic mass is 32.2. The van der Waals surface area contributed by atoms with Crippen molar-refractivity contribution in [3.05, 3.63) is 35.4 Å². The maximum absolute atomic E-state index is 11.3. The van der Waals surface area contributed by atoms with Gasteiger partial charge in [0.1, 0.15) is 0 Å². The van der Waals surface area contributed by atoms with Crippen molar-refractivity contribution in [2.45, 2.75) is 39.5 Å². The number of nitrogens with zero attached hydrogens (tertiary/aromatic N) is 1. The Labute approximate surface area is 152 Å². The number of rotatable bonds is 10. The summed E-state index contributed by atoms with van der Waals surface area (Å²) in [4.78, 5) is 4.13. The molecular weight excluding hydrogens is 336 g/mol. The van der Waals surface area contributed by atoms with Gasteiger partial charge in [-0.05, 0) is 36.8 Å². The fraction of sp³-hybridized carbons (Fsp3) is 0.611. The van der Waals surface area contributed by atoms with Gasteiger partial charge in [-0.1, -0.05) is 38.1 Å². The van der Waals surface area contributed by atoms with Crippen LogP contribution in [0.2, 0.25) is 0 Å². The van der Waals surface area contributed by atoms with E-state index in [-0.39, 0.29) is 5.75 Å². The number of aryl methyl sites for hydroxylation is 1. The zero-order valence-electron chi connectivity index (χ0n) is 15.8. The summed E-state index contributed by atoms with van der Waals surface area (Å²) in [6.45, 7) is 7.67. The number of benzene rings is 1. The summed E-state index contributed by atoms with van der Waals surface area (Å²) in [7, 11) is -1.43. The number of aliphatic imine (C=N–C) groups is 1. The van der Waals surface area contributed by atoms with Crippen molar-refractivity contribution in [1.29, 1.82) is 0 Å². The van der Waals surface area contributed by atoms with Crippen LogP contribution in [-0.2, 0) is 16.4 Å². The first-order valence-corrected chi connectivity index (χ1v) is 10.5. The third-order valence-electron chi connectivity index (χ3n) is 3.92. The normalized spacial score (nSPS) is 12.4. The second kappa shape index (κ2) is 11.1. The van der Waals surface area contributed by atoms with Crippen LogP contribution in [0, 0.1) is 0 Å². The topological polar surface area (TPSA) is 82.6 Å². The highest BCUT2D eigenvalue weighted by Crippen LogP contribution is 2.15. The van der Waals surface area contributed by atoms with E-state index < -0.39 is 10.0 Å². The van der Waals surface area contributed by atoms with Crippen LogP contribution in [0.5, 0.6) is 0 Å². The molecule has 0 saturated carbocycles. The molecule has 7 heteroatoms. The molecule has 0 unspecified atom stereocenters. The van der Waals surface area contributed by atoms with E-state index in [2.05, 4.69) is 58.5 Å². The van der Waals surface area contributed by atoms with E-state index in [1.165, 1.54) is 11.1 Å². The third-order valence-corrected chi connectivity index (χ3v) is 5.33. The van der Waals surface area contributed by atoms with E-state index in [4.69, 9.17) is 0 Å². The monoisotopic (exact) mass is 368 g/mol. The van der Waals surface area contributed by atoms with Crippen LogP contribution < -0.4 is 15.4 Å². The van der Waals surface area contributed by atoms with Crippen molar-refractivity contribution in [2.24, 2.45) is 4.99 Å². The van der Waals surface area contributed by atoms with Crippen LogP contribution in [0.15, 0.2) is 29.3 Å². The molecule has 0 atom stereocenters. The van der Waals surface area contributed by atoms with Crippen LogP contribution in [0.3, 0.4) is 0 Å². The van der Waals surface area contributed by atoms with Gasteiger partial charge in [0.2, 0.25) is 10.0 Å². The van der Waals surface area contributed by atoms with Crippen LogP contribution in [0.4, 0.5) is 0 Å². The molecule has 0 radical (unpaired) electrons. The summed E-state index contributed by atoms with van der Waals surface area (Å²) < 4.78 is 25.2. The van der Waals surface area contributed by atoms with Gasteiger partial charge in [0.05, 0.1) is 5.75 Å². The minimum absolute atomic E-state index is 0.0954. The lowest BCUT2D eigenvalue weighted by molar-refractivity contribution is 0.581. The van der Waals surface area contributed by atoms with Crippen LogP contribution >= 0.6 is 0 Å². The Balaban J connectivity index is 2.22. The number of guanidine groups is 1. The Bertz CT molecular complexity index is 625. The molecule has 0 heterocycles. The SMILES string of the molecule is CCS(=O)(=O)NCCNC(=NC)NCCCc1ccc(C(C)C)cc1. The number of nitrogens with one attached hydrogen (secondary N) is 3. The first kappa shape index (κ1) is 21.4. The van der Waals surface area contributed by atoms with E-state index in [1.807, 2.05) is 0 Å². The van der Waals surface area contributed by atoms with Crippen LogP contribution in [0.1, 0.15) is 44.2 Å². The smallest absolute Gasteiger partial charge is 0.211 e. The summed E-state index contributed by atoms with van der Waals surface area (Å²) in [5.74, 6) is 1.34. The van der Waals surface area contributed by atoms with Crippen molar-refractivity contribution in [1.82, 2.24) is 15.4 Å². The molecule has 0 amide bonds. The van der Waals surface area contributed by atoms with Crippen molar-refractivity contribution in [3.63, 3.8) is 0 Å². The lowest BCUT2D eigenvalue weighted by Crippen LogP contribution is -2.42. The van der Waals surface area contributed by atoms with Gasteiger partial charge in [-0.15, -0.1) is 0 Å². The maximum Gasteiger partial charge on any atom is 0.211 e. The van der Waals surface area contributed by atoms with Gasteiger partial charge in [0, 0.05) is 26.7 Å². The number of hydrogen-bond acceptors (Lipinski definition) is 3. The molecule has 25 heavy (non-hydrogen) atoms. The van der Waals surface area contributed by atoms with E-state index >= 15 is 0 Å². The molecule has 0 aliphatic heterocycles. The third kappa shape index (κ3) is 8.88. The number of hydrogen-bond donors (Lipinski definition) is 3. The summed E-state index contributed by atoms with van der Waals surface area (Å²) >= 11 is 0. The molecule has 0 aromatic heterocycles. The van der Waals surface area contributed by atoms with Crippen molar-refractivity contribution >= 4 is 16.0 Å². The summed E-state index contributed by atoms with van der Waals surface area (Å²) in [5.41, 5.74) is 2.70. The Kier molecular flexibility index (Phi) is 9.52. The largest absolute Gasteiger partial charge is 0.356 e. The second-order valence-electron chi connectivity index (χ2n) is 6.22. The van der Waals surface area contributed by atoms with Crippen LogP contribution in [-0.4, -0.2) is 46.8 Å². The highest BCUT2D eigenvalue weighted by molar-refractivity contribution is 7.89. The quantitative estimate of drug-likeness (QED) is 0.334. The minimum atomic E-state index is -3.13. The summed E-state index contributed by atoms with van der Waals surface area (Å²) in [6.07, 6.45) is 2.02. The fourth-order valence-corrected chi connectivity index (χ4v) is 2.90. The average molecular weight is 369 g/mol.